The van der Waals surface area contributed by atoms with Crippen molar-refractivity contribution < 1.29 is 19.1 Å². The number of amides is 1. The van der Waals surface area contributed by atoms with Crippen LogP contribution in [0, 0.1) is 5.92 Å². The molecule has 0 aliphatic heterocycles. The molecule has 1 unspecified atom stereocenters. The van der Waals surface area contributed by atoms with E-state index in [1.165, 1.54) is 7.11 Å². The van der Waals surface area contributed by atoms with Crippen LogP contribution in [-0.4, -0.2) is 68.3 Å². The Morgan fingerprint density at radius 1 is 1.04 bits per heavy atom. The molecule has 6 heteroatoms. The van der Waals surface area contributed by atoms with Crippen LogP contribution in [0.3, 0.4) is 0 Å². The third-order valence-electron chi connectivity index (χ3n) is 3.93. The highest BCUT2D eigenvalue weighted by atomic mass is 16.5. The van der Waals surface area contributed by atoms with Crippen molar-refractivity contribution in [2.45, 2.75) is 19.8 Å². The highest BCUT2D eigenvalue weighted by Crippen LogP contribution is 2.09. The zero-order valence-corrected chi connectivity index (χ0v) is 15.5. The van der Waals surface area contributed by atoms with Gasteiger partial charge in [0.2, 0.25) is 5.91 Å². The monoisotopic (exact) mass is 348 g/mol. The second-order valence-corrected chi connectivity index (χ2v) is 6.36. The lowest BCUT2D eigenvalue weighted by Gasteiger charge is -2.26. The van der Waals surface area contributed by atoms with Gasteiger partial charge in [-0.3, -0.25) is 14.4 Å². The number of benzene rings is 1. The van der Waals surface area contributed by atoms with Crippen molar-refractivity contribution in [2.75, 3.05) is 40.8 Å². The Morgan fingerprint density at radius 3 is 2.24 bits per heavy atom. The number of hydrogen-bond donors (Lipinski definition) is 0. The molecule has 0 aliphatic rings. The summed E-state index contributed by atoms with van der Waals surface area (Å²) in [6.07, 6.45) is 0.295. The van der Waals surface area contributed by atoms with Crippen molar-refractivity contribution in [1.29, 1.82) is 0 Å². The molecule has 0 aliphatic carbocycles. The Balaban J connectivity index is 2.64. The number of carbonyl (C=O) groups is 3. The summed E-state index contributed by atoms with van der Waals surface area (Å²) in [6.45, 7) is 3.22. The molecular weight excluding hydrogens is 320 g/mol. The van der Waals surface area contributed by atoms with E-state index in [9.17, 15) is 14.4 Å². The molecule has 0 saturated heterocycles. The standard InChI is InChI=1S/C19H28N2O4/c1-15(19(24)25-4)14-21(13-12-20(2)3)18(23)11-10-17(22)16-8-6-5-7-9-16/h5-9,15H,10-14H2,1-4H3. The highest BCUT2D eigenvalue weighted by Gasteiger charge is 2.22. The molecule has 1 amide bonds. The highest BCUT2D eigenvalue weighted by molar-refractivity contribution is 5.97. The Morgan fingerprint density at radius 2 is 1.68 bits per heavy atom. The molecule has 1 aromatic carbocycles. The van der Waals surface area contributed by atoms with Crippen molar-refractivity contribution in [2.24, 2.45) is 5.92 Å². The third kappa shape index (κ3) is 7.47. The van der Waals surface area contributed by atoms with Crippen molar-refractivity contribution in [3.8, 4) is 0 Å². The van der Waals surface area contributed by atoms with Crippen LogP contribution in [-0.2, 0) is 14.3 Å². The van der Waals surface area contributed by atoms with Crippen molar-refractivity contribution >= 4 is 17.7 Å². The predicted molar refractivity (Wildman–Crippen MR) is 96.3 cm³/mol. The molecule has 6 nitrogen and oxygen atoms in total. The fourth-order valence-electron chi connectivity index (χ4n) is 2.39. The smallest absolute Gasteiger partial charge is 0.310 e. The predicted octanol–water partition coefficient (Wildman–Crippen LogP) is 1.85. The average molecular weight is 348 g/mol. The van der Waals surface area contributed by atoms with E-state index in [1.54, 1.807) is 36.1 Å². The molecule has 1 rings (SSSR count). The molecule has 0 saturated carbocycles. The Bertz CT molecular complexity index is 572. The van der Waals surface area contributed by atoms with Crippen LogP contribution >= 0.6 is 0 Å². The molecule has 0 heterocycles. The minimum atomic E-state index is -0.402. The molecule has 1 aromatic rings. The zero-order chi connectivity index (χ0) is 18.8. The van der Waals surface area contributed by atoms with E-state index in [1.807, 2.05) is 25.1 Å². The fourth-order valence-corrected chi connectivity index (χ4v) is 2.39. The lowest BCUT2D eigenvalue weighted by Crippen LogP contribution is -2.41. The number of ether oxygens (including phenoxy) is 1. The number of rotatable bonds is 10. The first-order valence-electron chi connectivity index (χ1n) is 8.43. The van der Waals surface area contributed by atoms with E-state index < -0.39 is 5.92 Å². The van der Waals surface area contributed by atoms with Crippen LogP contribution in [0.2, 0.25) is 0 Å². The fraction of sp³-hybridized carbons (Fsp3) is 0.526. The molecule has 0 radical (unpaired) electrons. The maximum atomic E-state index is 12.5. The second kappa shape index (κ2) is 10.6. The molecule has 25 heavy (non-hydrogen) atoms. The first-order valence-corrected chi connectivity index (χ1v) is 8.43. The van der Waals surface area contributed by atoms with Crippen LogP contribution in [0.15, 0.2) is 30.3 Å². The summed E-state index contributed by atoms with van der Waals surface area (Å²) in [5.41, 5.74) is 0.609. The Hall–Kier alpha value is -2.21. The number of hydrogen-bond acceptors (Lipinski definition) is 5. The molecule has 1 atom stereocenters. The number of Topliss-reactive ketones (excluding diaryl/α,β-unsaturated/α-hetero) is 1. The van der Waals surface area contributed by atoms with E-state index in [0.29, 0.717) is 25.2 Å². The summed E-state index contributed by atoms with van der Waals surface area (Å²) in [5, 5.41) is 0. The van der Waals surface area contributed by atoms with Crippen LogP contribution in [0.5, 0.6) is 0 Å². The maximum absolute atomic E-state index is 12.5. The van der Waals surface area contributed by atoms with Crippen molar-refractivity contribution in [1.82, 2.24) is 9.80 Å². The van der Waals surface area contributed by atoms with Gasteiger partial charge in [0.25, 0.3) is 0 Å². The maximum Gasteiger partial charge on any atom is 0.310 e. The molecule has 0 fully saturated rings. The normalized spacial score (nSPS) is 11.9. The topological polar surface area (TPSA) is 66.9 Å². The summed E-state index contributed by atoms with van der Waals surface area (Å²) < 4.78 is 4.73. The van der Waals surface area contributed by atoms with Gasteiger partial charge < -0.3 is 14.5 Å². The van der Waals surface area contributed by atoms with Crippen molar-refractivity contribution in [3.63, 3.8) is 0 Å². The van der Waals surface area contributed by atoms with Gasteiger partial charge in [-0.05, 0) is 14.1 Å². The number of likely N-dealkylation sites (N-methyl/N-ethyl adjacent to an activating group) is 1. The van der Waals surface area contributed by atoms with Crippen LogP contribution < -0.4 is 0 Å². The molecule has 138 valence electrons. The van der Waals surface area contributed by atoms with Crippen LogP contribution in [0.25, 0.3) is 0 Å². The SMILES string of the molecule is COC(=O)C(C)CN(CCN(C)C)C(=O)CCC(=O)c1ccccc1. The van der Waals surface area contributed by atoms with E-state index in [-0.39, 0.29) is 30.5 Å². The van der Waals surface area contributed by atoms with Gasteiger partial charge in [0.15, 0.2) is 5.78 Å². The van der Waals surface area contributed by atoms with Gasteiger partial charge in [-0.25, -0.2) is 0 Å². The van der Waals surface area contributed by atoms with Crippen molar-refractivity contribution in [3.05, 3.63) is 35.9 Å². The minimum absolute atomic E-state index is 0.0532. The second-order valence-electron chi connectivity index (χ2n) is 6.36. The van der Waals surface area contributed by atoms with Gasteiger partial charge in [0.1, 0.15) is 0 Å². The van der Waals surface area contributed by atoms with Crippen LogP contribution in [0.4, 0.5) is 0 Å². The number of ketones is 1. The quantitative estimate of drug-likeness (QED) is 0.477. The molecule has 0 spiro atoms. The minimum Gasteiger partial charge on any atom is -0.469 e. The molecule has 0 aromatic heterocycles. The van der Waals surface area contributed by atoms with Gasteiger partial charge >= 0.3 is 5.97 Å². The molecule has 0 N–H and O–H groups in total. The number of esters is 1. The summed E-state index contributed by atoms with van der Waals surface area (Å²) >= 11 is 0. The summed E-state index contributed by atoms with van der Waals surface area (Å²) in [5.74, 6) is -0.923. The average Bonchev–Trinajstić information content (AvgIpc) is 2.62. The zero-order valence-electron chi connectivity index (χ0n) is 15.5. The lowest BCUT2D eigenvalue weighted by molar-refractivity contribution is -0.146. The number of carbonyl (C=O) groups excluding carboxylic acids is 3. The number of nitrogens with zero attached hydrogens (tertiary/aromatic N) is 2. The Kier molecular flexibility index (Phi) is 8.84. The first-order chi connectivity index (χ1) is 11.8. The summed E-state index contributed by atoms with van der Waals surface area (Å²) in [4.78, 5) is 39.9. The third-order valence-corrected chi connectivity index (χ3v) is 3.93. The van der Waals surface area contributed by atoms with Gasteiger partial charge in [0.05, 0.1) is 13.0 Å². The van der Waals surface area contributed by atoms with Gasteiger partial charge in [-0.15, -0.1) is 0 Å². The van der Waals surface area contributed by atoms with E-state index >= 15 is 0 Å². The lowest BCUT2D eigenvalue weighted by atomic mass is 10.1. The van der Waals surface area contributed by atoms with Gasteiger partial charge in [-0.2, -0.15) is 0 Å². The summed E-state index contributed by atoms with van der Waals surface area (Å²) in [7, 11) is 5.18. The Labute approximate surface area is 149 Å². The number of methoxy groups -OCH3 is 1. The van der Waals surface area contributed by atoms with E-state index in [0.717, 1.165) is 0 Å². The largest absolute Gasteiger partial charge is 0.469 e. The summed E-state index contributed by atoms with van der Waals surface area (Å²) in [6, 6.07) is 8.94. The van der Waals surface area contributed by atoms with Gasteiger partial charge in [-0.1, -0.05) is 37.3 Å². The van der Waals surface area contributed by atoms with E-state index in [4.69, 9.17) is 4.74 Å². The van der Waals surface area contributed by atoms with E-state index in [2.05, 4.69) is 0 Å². The van der Waals surface area contributed by atoms with Crippen LogP contribution in [0.1, 0.15) is 30.1 Å². The molecular formula is C19H28N2O4. The molecule has 0 bridgehead atoms. The van der Waals surface area contributed by atoms with Gasteiger partial charge in [0, 0.05) is 38.0 Å². The first kappa shape index (κ1) is 20.8.